The summed E-state index contributed by atoms with van der Waals surface area (Å²) in [7, 11) is 0. The average Bonchev–Trinajstić information content (AvgIpc) is 3.82. The summed E-state index contributed by atoms with van der Waals surface area (Å²) in [5, 5.41) is 3.07. The number of ether oxygens (including phenoxy) is 1. The number of hydrogen-bond acceptors (Lipinski definition) is 2. The number of allylic oxidation sites excluding steroid dienone is 5. The number of benzene rings is 6. The summed E-state index contributed by atoms with van der Waals surface area (Å²) < 4.78 is 8.82. The molecule has 2 heterocycles. The molecule has 0 amide bonds. The van der Waals surface area contributed by atoms with Gasteiger partial charge in [0.2, 0.25) is 0 Å². The van der Waals surface area contributed by atoms with Gasteiger partial charge in [-0.3, -0.25) is 0 Å². The number of anilines is 3. The highest BCUT2D eigenvalue weighted by Gasteiger charge is 2.36. The Balaban J connectivity index is 1.27. The third-order valence-corrected chi connectivity index (χ3v) is 11.1. The molecule has 6 aromatic carbocycles. The number of nitrogens with zero attached hydrogens (tertiary/aromatic N) is 2. The van der Waals surface area contributed by atoms with E-state index >= 15 is 0 Å². The molecule has 1 aromatic heterocycles. The van der Waals surface area contributed by atoms with E-state index in [1.165, 1.54) is 39.0 Å². The largest absolute Gasteiger partial charge is 0.460 e. The lowest BCUT2D eigenvalue weighted by molar-refractivity contribution is 0.522. The zero-order valence-electron chi connectivity index (χ0n) is 31.0. The SMILES string of the molecule is C=CC1=C(/C=C\C)C(C)(C)c2cc(N(c3ccc(-c4ccccc4)cc3)c3ccc4/c(=C5/Cc6ccccc6O5)c(=C)n(-c5ccccc5)c4c3)ccc21. The van der Waals surface area contributed by atoms with Crippen LogP contribution in [0.1, 0.15) is 37.5 Å². The van der Waals surface area contributed by atoms with Crippen molar-refractivity contribution >= 4 is 45.9 Å². The van der Waals surface area contributed by atoms with E-state index in [1.807, 2.05) is 18.2 Å². The quantitative estimate of drug-likeness (QED) is 0.165. The molecule has 1 aliphatic heterocycles. The molecule has 2 aliphatic rings. The highest BCUT2D eigenvalue weighted by molar-refractivity contribution is 5.93. The van der Waals surface area contributed by atoms with Gasteiger partial charge >= 0.3 is 0 Å². The molecule has 0 radical (unpaired) electrons. The van der Waals surface area contributed by atoms with Crippen LogP contribution in [-0.2, 0) is 11.8 Å². The fourth-order valence-corrected chi connectivity index (χ4v) is 8.50. The summed E-state index contributed by atoms with van der Waals surface area (Å²) in [6.45, 7) is 15.6. The maximum atomic E-state index is 6.54. The van der Waals surface area contributed by atoms with E-state index in [-0.39, 0.29) is 5.41 Å². The monoisotopic (exact) mass is 698 g/mol. The van der Waals surface area contributed by atoms with Crippen molar-refractivity contribution in [3.8, 4) is 22.6 Å². The van der Waals surface area contributed by atoms with E-state index in [1.54, 1.807) is 0 Å². The second kappa shape index (κ2) is 13.1. The van der Waals surface area contributed by atoms with Crippen molar-refractivity contribution in [1.82, 2.24) is 4.57 Å². The molecule has 54 heavy (non-hydrogen) atoms. The first-order valence-corrected chi connectivity index (χ1v) is 18.7. The van der Waals surface area contributed by atoms with Crippen molar-refractivity contribution in [2.45, 2.75) is 32.6 Å². The van der Waals surface area contributed by atoms with E-state index in [2.05, 4.69) is 182 Å². The highest BCUT2D eigenvalue weighted by Crippen LogP contribution is 2.49. The zero-order chi connectivity index (χ0) is 37.0. The molecule has 1 aliphatic carbocycles. The standard InChI is InChI=1S/C51H42N2O/c1-6-16-45-42(7-2)43-29-27-40(32-46(43)51(45,4)5)53(39-25-23-36(24-26-39)35-17-10-8-11-18-35)41-28-30-44-47(33-41)52(38-20-12-9-13-21-38)34(3)50(44)49-31-37-19-14-15-22-48(37)54-49/h6-30,32-33H,2-3,31H2,1,4-5H3/b16-6-,50-49-. The molecular weight excluding hydrogens is 657 g/mol. The molecule has 0 atom stereocenters. The Morgan fingerprint density at radius 3 is 2.09 bits per heavy atom. The van der Waals surface area contributed by atoms with Gasteiger partial charge in [0.15, 0.2) is 0 Å². The van der Waals surface area contributed by atoms with Crippen LogP contribution in [0.3, 0.4) is 0 Å². The van der Waals surface area contributed by atoms with Crippen molar-refractivity contribution in [2.24, 2.45) is 0 Å². The van der Waals surface area contributed by atoms with Crippen LogP contribution in [0.25, 0.3) is 45.6 Å². The summed E-state index contributed by atoms with van der Waals surface area (Å²) in [6.07, 6.45) is 7.10. The Kier molecular flexibility index (Phi) is 8.09. The van der Waals surface area contributed by atoms with Gasteiger partial charge in [-0.2, -0.15) is 0 Å². The minimum Gasteiger partial charge on any atom is -0.460 e. The minimum absolute atomic E-state index is 0.191. The third kappa shape index (κ3) is 5.35. The summed E-state index contributed by atoms with van der Waals surface area (Å²) in [6, 6.07) is 52.0. The van der Waals surface area contributed by atoms with Crippen LogP contribution in [0, 0.1) is 0 Å². The summed E-state index contributed by atoms with van der Waals surface area (Å²) in [5.41, 5.74) is 13.8. The van der Waals surface area contributed by atoms with Crippen molar-refractivity contribution < 1.29 is 4.74 Å². The maximum absolute atomic E-state index is 6.54. The molecular formula is C51H42N2O. The van der Waals surface area contributed by atoms with E-state index in [0.717, 1.165) is 62.1 Å². The Hall–Kier alpha value is -6.58. The molecule has 0 N–H and O–H groups in total. The van der Waals surface area contributed by atoms with Crippen LogP contribution < -0.4 is 20.2 Å². The van der Waals surface area contributed by atoms with Gasteiger partial charge in [0.25, 0.3) is 0 Å². The van der Waals surface area contributed by atoms with Gasteiger partial charge in [-0.1, -0.05) is 130 Å². The smallest absolute Gasteiger partial charge is 0.130 e. The van der Waals surface area contributed by atoms with Gasteiger partial charge in [0.1, 0.15) is 11.5 Å². The molecule has 262 valence electrons. The molecule has 0 saturated carbocycles. The molecule has 9 rings (SSSR count). The van der Waals surface area contributed by atoms with E-state index in [4.69, 9.17) is 11.3 Å². The number of aromatic nitrogens is 1. The highest BCUT2D eigenvalue weighted by atomic mass is 16.5. The van der Waals surface area contributed by atoms with Gasteiger partial charge < -0.3 is 14.2 Å². The molecule has 0 spiro atoms. The second-order valence-corrected chi connectivity index (χ2v) is 14.6. The summed E-state index contributed by atoms with van der Waals surface area (Å²) >= 11 is 0. The fourth-order valence-electron chi connectivity index (χ4n) is 8.50. The number of fused-ring (bicyclic) bond motifs is 3. The first-order valence-electron chi connectivity index (χ1n) is 18.7. The molecule has 0 saturated heterocycles. The second-order valence-electron chi connectivity index (χ2n) is 14.6. The minimum atomic E-state index is -0.191. The Bertz CT molecular complexity index is 2740. The molecule has 7 aromatic rings. The van der Waals surface area contributed by atoms with Crippen molar-refractivity contribution in [3.63, 3.8) is 0 Å². The lowest BCUT2D eigenvalue weighted by Gasteiger charge is -2.29. The zero-order valence-corrected chi connectivity index (χ0v) is 31.0. The van der Waals surface area contributed by atoms with Crippen molar-refractivity contribution in [2.75, 3.05) is 4.90 Å². The first-order chi connectivity index (χ1) is 26.4. The maximum Gasteiger partial charge on any atom is 0.130 e. The van der Waals surface area contributed by atoms with Gasteiger partial charge in [0.05, 0.1) is 10.9 Å². The van der Waals surface area contributed by atoms with Crippen LogP contribution in [0.4, 0.5) is 17.1 Å². The lowest BCUT2D eigenvalue weighted by atomic mass is 9.80. The van der Waals surface area contributed by atoms with Crippen LogP contribution >= 0.6 is 0 Å². The van der Waals surface area contributed by atoms with Crippen LogP contribution in [-0.4, -0.2) is 4.57 Å². The lowest BCUT2D eigenvalue weighted by Crippen LogP contribution is -2.29. The van der Waals surface area contributed by atoms with Crippen LogP contribution in [0.5, 0.6) is 5.75 Å². The van der Waals surface area contributed by atoms with E-state index in [0.29, 0.717) is 0 Å². The normalized spacial score (nSPS) is 15.4. The molecule has 0 unspecified atom stereocenters. The van der Waals surface area contributed by atoms with Gasteiger partial charge in [-0.25, -0.2) is 0 Å². The van der Waals surface area contributed by atoms with Gasteiger partial charge in [-0.05, 0) is 101 Å². The van der Waals surface area contributed by atoms with Crippen molar-refractivity contribution in [3.05, 3.63) is 203 Å². The fraction of sp³-hybridized carbons (Fsp3) is 0.0980. The van der Waals surface area contributed by atoms with Crippen LogP contribution in [0.15, 0.2) is 176 Å². The Labute approximate surface area is 317 Å². The van der Waals surface area contributed by atoms with Gasteiger partial charge in [0, 0.05) is 50.8 Å². The summed E-state index contributed by atoms with van der Waals surface area (Å²) in [4.78, 5) is 2.38. The number of rotatable bonds is 7. The topological polar surface area (TPSA) is 17.4 Å². The van der Waals surface area contributed by atoms with E-state index in [9.17, 15) is 0 Å². The van der Waals surface area contributed by atoms with Crippen LogP contribution in [0.2, 0.25) is 0 Å². The Morgan fingerprint density at radius 1 is 0.722 bits per heavy atom. The molecule has 3 nitrogen and oxygen atoms in total. The van der Waals surface area contributed by atoms with Crippen molar-refractivity contribution in [1.29, 1.82) is 0 Å². The average molecular weight is 699 g/mol. The number of hydrogen-bond donors (Lipinski definition) is 0. The Morgan fingerprint density at radius 2 is 1.37 bits per heavy atom. The van der Waals surface area contributed by atoms with Gasteiger partial charge in [-0.15, -0.1) is 0 Å². The predicted octanol–water partition coefficient (Wildman–Crippen LogP) is 11.7. The predicted molar refractivity (Wildman–Crippen MR) is 227 cm³/mol. The molecule has 0 bridgehead atoms. The van der Waals surface area contributed by atoms with E-state index < -0.39 is 0 Å². The molecule has 3 heteroatoms. The summed E-state index contributed by atoms with van der Waals surface area (Å²) in [5.74, 6) is 1.85. The first kappa shape index (κ1) is 33.3. The number of para-hydroxylation sites is 2. The third-order valence-electron chi connectivity index (χ3n) is 11.1. The molecule has 0 fully saturated rings.